The van der Waals surface area contributed by atoms with Gasteiger partial charge in [-0.3, -0.25) is 9.59 Å². The minimum Gasteiger partial charge on any atom is -0.326 e. The zero-order chi connectivity index (χ0) is 20.2. The predicted molar refractivity (Wildman–Crippen MR) is 105 cm³/mol. The molecule has 0 spiro atoms. The molecule has 8 heteroatoms. The molecule has 0 saturated heterocycles. The number of rotatable bonds is 6. The molecule has 0 radical (unpaired) electrons. The molecular formula is C19H23N3O4S. The highest BCUT2D eigenvalue weighted by atomic mass is 32.2. The number of carbonyl (C=O) groups excluding carboxylic acids is 2. The molecule has 2 N–H and O–H groups in total. The number of sulfonamides is 1. The molecule has 0 heterocycles. The maximum Gasteiger partial charge on any atom is 0.243 e. The lowest BCUT2D eigenvalue weighted by Gasteiger charge is -2.18. The highest BCUT2D eigenvalue weighted by molar-refractivity contribution is 7.89. The van der Waals surface area contributed by atoms with Crippen molar-refractivity contribution in [3.8, 4) is 0 Å². The molecule has 27 heavy (non-hydrogen) atoms. The summed E-state index contributed by atoms with van der Waals surface area (Å²) in [6.45, 7) is 4.88. The number of amides is 2. The Kier molecular flexibility index (Phi) is 6.35. The molecule has 0 aliphatic heterocycles. The smallest absolute Gasteiger partial charge is 0.243 e. The minimum absolute atomic E-state index is 0.0402. The third-order valence-electron chi connectivity index (χ3n) is 3.91. The van der Waals surface area contributed by atoms with Crippen LogP contribution in [-0.2, 0) is 19.6 Å². The van der Waals surface area contributed by atoms with Crippen LogP contribution in [0.25, 0.3) is 0 Å². The molecule has 2 rings (SSSR count). The highest BCUT2D eigenvalue weighted by Gasteiger charge is 2.23. The summed E-state index contributed by atoms with van der Waals surface area (Å²) in [6.07, 6.45) is 0. The van der Waals surface area contributed by atoms with Crippen molar-refractivity contribution < 1.29 is 18.0 Å². The number of hydrogen-bond donors (Lipinski definition) is 2. The standard InChI is InChI=1S/C19H23N3O4S/c1-13-5-10-18(14(2)11-13)21-19(24)12-22(4)27(25,26)17-8-6-16(7-9-17)20-15(3)23/h5-11H,12H2,1-4H3,(H,20,23)(H,21,24). The van der Waals surface area contributed by atoms with Crippen molar-refractivity contribution in [3.63, 3.8) is 0 Å². The lowest BCUT2D eigenvalue weighted by atomic mass is 10.1. The molecule has 144 valence electrons. The van der Waals surface area contributed by atoms with Crippen LogP contribution in [0, 0.1) is 13.8 Å². The lowest BCUT2D eigenvalue weighted by Crippen LogP contribution is -2.35. The van der Waals surface area contributed by atoms with E-state index in [-0.39, 0.29) is 17.3 Å². The molecule has 0 saturated carbocycles. The Morgan fingerprint density at radius 1 is 1.00 bits per heavy atom. The zero-order valence-electron chi connectivity index (χ0n) is 15.7. The van der Waals surface area contributed by atoms with Crippen LogP contribution in [0.1, 0.15) is 18.1 Å². The summed E-state index contributed by atoms with van der Waals surface area (Å²) < 4.78 is 26.2. The van der Waals surface area contributed by atoms with E-state index in [0.717, 1.165) is 15.4 Å². The monoisotopic (exact) mass is 389 g/mol. The van der Waals surface area contributed by atoms with Gasteiger partial charge in [-0.15, -0.1) is 0 Å². The first-order valence-corrected chi connectivity index (χ1v) is 9.74. The zero-order valence-corrected chi connectivity index (χ0v) is 16.6. The van der Waals surface area contributed by atoms with Gasteiger partial charge in [0.1, 0.15) is 0 Å². The molecule has 0 aromatic heterocycles. The molecule has 0 bridgehead atoms. The van der Waals surface area contributed by atoms with Gasteiger partial charge in [0.25, 0.3) is 0 Å². The van der Waals surface area contributed by atoms with Crippen molar-refractivity contribution >= 4 is 33.2 Å². The van der Waals surface area contributed by atoms with Gasteiger partial charge in [-0.25, -0.2) is 8.42 Å². The summed E-state index contributed by atoms with van der Waals surface area (Å²) in [5.41, 5.74) is 3.13. The Bertz CT molecular complexity index is 953. The highest BCUT2D eigenvalue weighted by Crippen LogP contribution is 2.19. The van der Waals surface area contributed by atoms with E-state index in [1.165, 1.54) is 38.2 Å². The first-order chi connectivity index (χ1) is 12.6. The number of nitrogens with one attached hydrogen (secondary N) is 2. The Hall–Kier alpha value is -2.71. The van der Waals surface area contributed by atoms with E-state index < -0.39 is 15.9 Å². The van der Waals surface area contributed by atoms with Gasteiger partial charge in [0.15, 0.2) is 0 Å². The average molecular weight is 389 g/mol. The quantitative estimate of drug-likeness (QED) is 0.794. The van der Waals surface area contributed by atoms with E-state index in [0.29, 0.717) is 11.4 Å². The fraction of sp³-hybridized carbons (Fsp3) is 0.263. The van der Waals surface area contributed by atoms with Crippen molar-refractivity contribution in [1.82, 2.24) is 4.31 Å². The molecule has 2 amide bonds. The number of nitrogens with zero attached hydrogens (tertiary/aromatic N) is 1. The van der Waals surface area contributed by atoms with Crippen molar-refractivity contribution in [2.75, 3.05) is 24.2 Å². The second kappa shape index (κ2) is 8.32. The van der Waals surface area contributed by atoms with Gasteiger partial charge in [0.2, 0.25) is 21.8 Å². The molecule has 0 aliphatic carbocycles. The largest absolute Gasteiger partial charge is 0.326 e. The van der Waals surface area contributed by atoms with E-state index in [9.17, 15) is 18.0 Å². The van der Waals surface area contributed by atoms with Gasteiger partial charge in [-0.1, -0.05) is 17.7 Å². The average Bonchev–Trinajstić information content (AvgIpc) is 2.57. The van der Waals surface area contributed by atoms with Crippen molar-refractivity contribution in [1.29, 1.82) is 0 Å². The van der Waals surface area contributed by atoms with Crippen molar-refractivity contribution in [3.05, 3.63) is 53.6 Å². The molecule has 0 fully saturated rings. The van der Waals surface area contributed by atoms with Crippen LogP contribution < -0.4 is 10.6 Å². The van der Waals surface area contributed by atoms with Crippen molar-refractivity contribution in [2.45, 2.75) is 25.7 Å². The van der Waals surface area contributed by atoms with Gasteiger partial charge in [-0.2, -0.15) is 4.31 Å². The van der Waals surface area contributed by atoms with Gasteiger partial charge in [0.05, 0.1) is 11.4 Å². The van der Waals surface area contributed by atoms with E-state index in [2.05, 4.69) is 10.6 Å². The number of aryl methyl sites for hydroxylation is 2. The summed E-state index contributed by atoms with van der Waals surface area (Å²) in [7, 11) is -2.48. The Morgan fingerprint density at radius 2 is 1.63 bits per heavy atom. The van der Waals surface area contributed by atoms with Crippen LogP contribution in [0.15, 0.2) is 47.4 Å². The van der Waals surface area contributed by atoms with Crippen LogP contribution >= 0.6 is 0 Å². The van der Waals surface area contributed by atoms with Gasteiger partial charge in [0, 0.05) is 25.3 Å². The Labute approximate surface area is 159 Å². The topological polar surface area (TPSA) is 95.6 Å². The van der Waals surface area contributed by atoms with Crippen LogP contribution in [0.5, 0.6) is 0 Å². The maximum atomic E-state index is 12.6. The molecule has 2 aromatic carbocycles. The minimum atomic E-state index is -3.83. The number of hydrogen-bond acceptors (Lipinski definition) is 4. The summed E-state index contributed by atoms with van der Waals surface area (Å²) in [5, 5.41) is 5.30. The molecule has 0 unspecified atom stereocenters. The van der Waals surface area contributed by atoms with Crippen LogP contribution in [0.4, 0.5) is 11.4 Å². The molecule has 2 aromatic rings. The predicted octanol–water partition coefficient (Wildman–Crippen LogP) is 2.52. The van der Waals surface area contributed by atoms with E-state index in [1.807, 2.05) is 26.0 Å². The first-order valence-electron chi connectivity index (χ1n) is 8.30. The number of benzene rings is 2. The number of anilines is 2. The summed E-state index contributed by atoms with van der Waals surface area (Å²) in [5.74, 6) is -0.673. The molecule has 0 atom stereocenters. The van der Waals surface area contributed by atoms with Gasteiger partial charge < -0.3 is 10.6 Å². The summed E-state index contributed by atoms with van der Waals surface area (Å²) in [4.78, 5) is 23.3. The second-order valence-corrected chi connectivity index (χ2v) is 8.38. The van der Waals surface area contributed by atoms with Crippen LogP contribution in [0.3, 0.4) is 0 Å². The summed E-state index contributed by atoms with van der Waals surface area (Å²) >= 11 is 0. The van der Waals surface area contributed by atoms with E-state index >= 15 is 0 Å². The first kappa shape index (κ1) is 20.6. The number of carbonyl (C=O) groups is 2. The van der Waals surface area contributed by atoms with Gasteiger partial charge >= 0.3 is 0 Å². The fourth-order valence-corrected chi connectivity index (χ4v) is 3.65. The van der Waals surface area contributed by atoms with Crippen LogP contribution in [-0.4, -0.2) is 38.1 Å². The third-order valence-corrected chi connectivity index (χ3v) is 5.72. The Balaban J connectivity index is 2.07. The SMILES string of the molecule is CC(=O)Nc1ccc(S(=O)(=O)N(C)CC(=O)Nc2ccc(C)cc2C)cc1. The fourth-order valence-electron chi connectivity index (χ4n) is 2.52. The van der Waals surface area contributed by atoms with Gasteiger partial charge in [-0.05, 0) is 49.7 Å². The third kappa shape index (κ3) is 5.38. The van der Waals surface area contributed by atoms with E-state index in [4.69, 9.17) is 0 Å². The molecule has 0 aliphatic rings. The summed E-state index contributed by atoms with van der Waals surface area (Å²) in [6, 6.07) is 11.4. The maximum absolute atomic E-state index is 12.6. The second-order valence-electron chi connectivity index (χ2n) is 6.33. The van der Waals surface area contributed by atoms with Crippen molar-refractivity contribution in [2.24, 2.45) is 0 Å². The number of likely N-dealkylation sites (N-methyl/N-ethyl adjacent to an activating group) is 1. The normalized spacial score (nSPS) is 11.3. The van der Waals surface area contributed by atoms with Crippen LogP contribution in [0.2, 0.25) is 0 Å². The molecular weight excluding hydrogens is 366 g/mol. The Morgan fingerprint density at radius 3 is 2.19 bits per heavy atom. The molecule has 7 nitrogen and oxygen atoms in total. The van der Waals surface area contributed by atoms with E-state index in [1.54, 1.807) is 6.07 Å². The lowest BCUT2D eigenvalue weighted by molar-refractivity contribution is -0.116.